The molecule has 7 nitrogen and oxygen atoms in total. The van der Waals surface area contributed by atoms with Gasteiger partial charge in [0.1, 0.15) is 11.5 Å². The minimum absolute atomic E-state index is 0.0711. The van der Waals surface area contributed by atoms with E-state index in [9.17, 15) is 9.59 Å². The Labute approximate surface area is 212 Å². The molecule has 3 amide bonds. The number of urea groups is 1. The van der Waals surface area contributed by atoms with E-state index in [1.165, 1.54) is 5.56 Å². The molecule has 3 aromatic carbocycles. The number of hydrogen-bond acceptors (Lipinski definition) is 4. The predicted molar refractivity (Wildman–Crippen MR) is 142 cm³/mol. The number of amides is 3. The second-order valence-corrected chi connectivity index (χ2v) is 9.26. The lowest BCUT2D eigenvalue weighted by Crippen LogP contribution is -2.39. The lowest BCUT2D eigenvalue weighted by molar-refractivity contribution is -0.137. The maximum Gasteiger partial charge on any atom is 0.323 e. The molecule has 188 valence electrons. The molecule has 1 atom stereocenters. The number of nitrogens with zero attached hydrogens (tertiary/aromatic N) is 1. The fraction of sp³-hybridized carbons (Fsp3) is 0.310. The van der Waals surface area contributed by atoms with Gasteiger partial charge in [-0.3, -0.25) is 4.79 Å². The molecule has 0 saturated heterocycles. The highest BCUT2D eigenvalue weighted by atomic mass is 16.5. The Kier molecular flexibility index (Phi) is 7.78. The monoisotopic (exact) mass is 487 g/mol. The molecular formula is C29H33N3O4. The fourth-order valence-electron chi connectivity index (χ4n) is 4.28. The maximum absolute atomic E-state index is 13.0. The summed E-state index contributed by atoms with van der Waals surface area (Å²) in [4.78, 5) is 27.4. The molecule has 0 fully saturated rings. The van der Waals surface area contributed by atoms with Crippen LogP contribution in [0.3, 0.4) is 0 Å². The fourth-order valence-corrected chi connectivity index (χ4v) is 4.28. The van der Waals surface area contributed by atoms with E-state index in [-0.39, 0.29) is 11.9 Å². The number of nitrogens with one attached hydrogen (secondary N) is 2. The van der Waals surface area contributed by atoms with Crippen molar-refractivity contribution in [1.82, 2.24) is 4.90 Å². The highest BCUT2D eigenvalue weighted by Gasteiger charge is 2.28. The second kappa shape index (κ2) is 11.2. The summed E-state index contributed by atoms with van der Waals surface area (Å²) in [5, 5.41) is 5.75. The summed E-state index contributed by atoms with van der Waals surface area (Å²) in [6, 6.07) is 20.7. The molecular weight excluding hydrogens is 454 g/mol. The van der Waals surface area contributed by atoms with Crippen molar-refractivity contribution in [2.24, 2.45) is 0 Å². The summed E-state index contributed by atoms with van der Waals surface area (Å²) in [5.74, 6) is 1.81. The quantitative estimate of drug-likeness (QED) is 0.440. The van der Waals surface area contributed by atoms with E-state index in [0.717, 1.165) is 22.6 Å². The molecule has 1 aliphatic heterocycles. The Morgan fingerprint density at radius 1 is 1.06 bits per heavy atom. The lowest BCUT2D eigenvalue weighted by Gasteiger charge is -2.22. The first-order valence-corrected chi connectivity index (χ1v) is 12.2. The van der Waals surface area contributed by atoms with Crippen LogP contribution in [0.2, 0.25) is 0 Å². The number of fused-ring (bicyclic) bond motifs is 1. The molecule has 4 rings (SSSR count). The molecule has 0 aliphatic carbocycles. The van der Waals surface area contributed by atoms with Gasteiger partial charge in [-0.25, -0.2) is 4.79 Å². The zero-order chi connectivity index (χ0) is 25.7. The topological polar surface area (TPSA) is 79.9 Å². The molecule has 0 unspecified atom stereocenters. The SMILES string of the molecule is COc1ccccc1CCN1Cc2cc(NC(=O)Nc3ccc(C(C)C)cc3)ccc2O[C@H](C)C1=O. The molecule has 0 saturated carbocycles. The van der Waals surface area contributed by atoms with Gasteiger partial charge >= 0.3 is 6.03 Å². The van der Waals surface area contributed by atoms with E-state index in [2.05, 4.69) is 24.5 Å². The minimum Gasteiger partial charge on any atom is -0.496 e. The highest BCUT2D eigenvalue weighted by molar-refractivity contribution is 5.99. The standard InChI is InChI=1S/C29H33N3O4/c1-19(2)21-9-11-24(12-10-21)30-29(34)31-25-13-14-27-23(17-25)18-32(28(33)20(3)36-27)16-15-22-7-5-6-8-26(22)35-4/h5-14,17,19-20H,15-16,18H2,1-4H3,(H2,30,31,34)/t20-/m1/s1. The van der Waals surface area contributed by atoms with Gasteiger partial charge in [-0.15, -0.1) is 0 Å². The van der Waals surface area contributed by atoms with E-state index in [0.29, 0.717) is 36.9 Å². The molecule has 0 aromatic heterocycles. The van der Waals surface area contributed by atoms with Crippen molar-refractivity contribution < 1.29 is 19.1 Å². The van der Waals surface area contributed by atoms with E-state index >= 15 is 0 Å². The molecule has 0 bridgehead atoms. The van der Waals surface area contributed by atoms with Gasteiger partial charge in [0.05, 0.1) is 7.11 Å². The number of ether oxygens (including phenoxy) is 2. The average Bonchev–Trinajstić information content (AvgIpc) is 2.98. The number of para-hydroxylation sites is 1. The lowest BCUT2D eigenvalue weighted by atomic mass is 10.0. The van der Waals surface area contributed by atoms with Gasteiger partial charge in [0.2, 0.25) is 0 Å². The average molecular weight is 488 g/mol. The van der Waals surface area contributed by atoms with Gasteiger partial charge in [-0.05, 0) is 66.8 Å². The van der Waals surface area contributed by atoms with Crippen molar-refractivity contribution in [3.05, 3.63) is 83.4 Å². The third kappa shape index (κ3) is 5.97. The third-order valence-electron chi connectivity index (χ3n) is 6.32. The summed E-state index contributed by atoms with van der Waals surface area (Å²) < 4.78 is 11.4. The van der Waals surface area contributed by atoms with Crippen LogP contribution in [-0.2, 0) is 17.8 Å². The minimum atomic E-state index is -0.597. The van der Waals surface area contributed by atoms with Crippen molar-refractivity contribution in [3.8, 4) is 11.5 Å². The Morgan fingerprint density at radius 3 is 2.47 bits per heavy atom. The van der Waals surface area contributed by atoms with Crippen LogP contribution in [0.15, 0.2) is 66.7 Å². The van der Waals surface area contributed by atoms with Crippen LogP contribution in [0, 0.1) is 0 Å². The Balaban J connectivity index is 1.45. The molecule has 36 heavy (non-hydrogen) atoms. The van der Waals surface area contributed by atoms with Crippen molar-refractivity contribution in [1.29, 1.82) is 0 Å². The van der Waals surface area contributed by atoms with Gasteiger partial charge in [-0.1, -0.05) is 44.2 Å². The molecule has 0 radical (unpaired) electrons. The number of methoxy groups -OCH3 is 1. The number of anilines is 2. The molecule has 7 heteroatoms. The largest absolute Gasteiger partial charge is 0.496 e. The normalized spacial score (nSPS) is 15.1. The first-order valence-electron chi connectivity index (χ1n) is 12.2. The first kappa shape index (κ1) is 25.1. The van der Waals surface area contributed by atoms with Gasteiger partial charge in [-0.2, -0.15) is 0 Å². The van der Waals surface area contributed by atoms with Crippen molar-refractivity contribution in [2.75, 3.05) is 24.3 Å². The van der Waals surface area contributed by atoms with E-state index in [4.69, 9.17) is 9.47 Å². The molecule has 1 heterocycles. The summed E-state index contributed by atoms with van der Waals surface area (Å²) >= 11 is 0. The molecule has 2 N–H and O–H groups in total. The predicted octanol–water partition coefficient (Wildman–Crippen LogP) is 5.81. The molecule has 3 aromatic rings. The molecule has 1 aliphatic rings. The number of carbonyl (C=O) groups excluding carboxylic acids is 2. The number of hydrogen-bond donors (Lipinski definition) is 2. The molecule has 0 spiro atoms. The summed E-state index contributed by atoms with van der Waals surface area (Å²) in [5.41, 5.74) is 4.44. The van der Waals surface area contributed by atoms with E-state index in [1.807, 2.05) is 54.6 Å². The van der Waals surface area contributed by atoms with Crippen LogP contribution < -0.4 is 20.1 Å². The van der Waals surface area contributed by atoms with Crippen molar-refractivity contribution in [2.45, 2.75) is 45.8 Å². The zero-order valence-electron chi connectivity index (χ0n) is 21.2. The Bertz CT molecular complexity index is 1220. The Hall–Kier alpha value is -4.00. The van der Waals surface area contributed by atoms with Gasteiger partial charge in [0.25, 0.3) is 5.91 Å². The van der Waals surface area contributed by atoms with Crippen molar-refractivity contribution in [3.63, 3.8) is 0 Å². The summed E-state index contributed by atoms with van der Waals surface area (Å²) in [6.45, 7) is 6.94. The van der Waals surface area contributed by atoms with Gasteiger partial charge < -0.3 is 25.0 Å². The summed E-state index contributed by atoms with van der Waals surface area (Å²) in [6.07, 6.45) is 0.0631. The maximum atomic E-state index is 13.0. The van der Waals surface area contributed by atoms with Crippen LogP contribution in [0.5, 0.6) is 11.5 Å². The van der Waals surface area contributed by atoms with Crippen LogP contribution in [0.4, 0.5) is 16.2 Å². The zero-order valence-corrected chi connectivity index (χ0v) is 21.2. The Morgan fingerprint density at radius 2 is 1.75 bits per heavy atom. The van der Waals surface area contributed by atoms with E-state index in [1.54, 1.807) is 31.1 Å². The van der Waals surface area contributed by atoms with Gasteiger partial charge in [0.15, 0.2) is 6.10 Å². The van der Waals surface area contributed by atoms with Crippen LogP contribution in [-0.4, -0.2) is 36.6 Å². The highest BCUT2D eigenvalue weighted by Crippen LogP contribution is 2.29. The van der Waals surface area contributed by atoms with Crippen LogP contribution in [0.1, 0.15) is 43.4 Å². The first-order chi connectivity index (χ1) is 17.3. The van der Waals surface area contributed by atoms with Crippen LogP contribution >= 0.6 is 0 Å². The van der Waals surface area contributed by atoms with Gasteiger partial charge in [0, 0.05) is 30.0 Å². The van der Waals surface area contributed by atoms with Crippen LogP contribution in [0.25, 0.3) is 0 Å². The van der Waals surface area contributed by atoms with E-state index < -0.39 is 6.10 Å². The third-order valence-corrected chi connectivity index (χ3v) is 6.32. The number of carbonyl (C=O) groups is 2. The second-order valence-electron chi connectivity index (χ2n) is 9.26. The number of benzene rings is 3. The smallest absolute Gasteiger partial charge is 0.323 e. The number of rotatable bonds is 7. The summed E-state index contributed by atoms with van der Waals surface area (Å²) in [7, 11) is 1.65. The van der Waals surface area contributed by atoms with Crippen molar-refractivity contribution >= 4 is 23.3 Å².